The number of benzene rings is 2. The molecule has 0 saturated carbocycles. The summed E-state index contributed by atoms with van der Waals surface area (Å²) < 4.78 is 16.7. The molecule has 132 valence electrons. The highest BCUT2D eigenvalue weighted by Crippen LogP contribution is 2.39. The number of fused-ring (bicyclic) bond motifs is 1. The van der Waals surface area contributed by atoms with Gasteiger partial charge in [0.1, 0.15) is 16.1 Å². The average Bonchev–Trinajstić information content (AvgIpc) is 2.57. The molecule has 2 atom stereocenters. The van der Waals surface area contributed by atoms with Gasteiger partial charge >= 0.3 is 0 Å². The van der Waals surface area contributed by atoms with Crippen molar-refractivity contribution in [2.75, 3.05) is 0 Å². The molecule has 0 N–H and O–H groups in total. The first-order chi connectivity index (χ1) is 11.8. The van der Waals surface area contributed by atoms with Crippen LogP contribution in [0.5, 0.6) is 0 Å². The smallest absolute Gasteiger partial charge is 0.144 e. The van der Waals surface area contributed by atoms with Gasteiger partial charge in [-0.15, -0.1) is 0 Å². The first-order valence-corrected chi connectivity index (χ1v) is 10.2. The summed E-state index contributed by atoms with van der Waals surface area (Å²) in [6, 6.07) is 14.1. The van der Waals surface area contributed by atoms with Gasteiger partial charge in [-0.2, -0.15) is 0 Å². The minimum Gasteiger partial charge on any atom is -0.591 e. The molecule has 0 saturated heterocycles. The van der Waals surface area contributed by atoms with Gasteiger partial charge in [-0.1, -0.05) is 57.9 Å². The van der Waals surface area contributed by atoms with Gasteiger partial charge in [0.15, 0.2) is 0 Å². The predicted octanol–water partition coefficient (Wildman–Crippen LogP) is 6.17. The molecule has 0 aliphatic heterocycles. The van der Waals surface area contributed by atoms with E-state index in [0.29, 0.717) is 10.0 Å². The van der Waals surface area contributed by atoms with E-state index in [1.54, 1.807) is 0 Å². The van der Waals surface area contributed by atoms with Crippen LogP contribution < -0.4 is 0 Å². The molecule has 0 aromatic heterocycles. The largest absolute Gasteiger partial charge is 0.591 e. The Labute approximate surface area is 162 Å². The van der Waals surface area contributed by atoms with Crippen LogP contribution in [0.2, 0.25) is 10.0 Å². The van der Waals surface area contributed by atoms with Crippen molar-refractivity contribution in [1.82, 2.24) is 0 Å². The lowest BCUT2D eigenvalue weighted by Crippen LogP contribution is -2.28. The number of halogens is 2. The van der Waals surface area contributed by atoms with Crippen LogP contribution in [0.15, 0.2) is 46.9 Å². The molecule has 0 radical (unpaired) electrons. The maximum absolute atomic E-state index is 12.5. The maximum atomic E-state index is 12.5. The highest BCUT2D eigenvalue weighted by atomic mass is 35.5. The van der Waals surface area contributed by atoms with Crippen LogP contribution in [-0.2, 0) is 11.4 Å². The fourth-order valence-corrected chi connectivity index (χ4v) is 4.01. The lowest BCUT2D eigenvalue weighted by atomic mass is 9.78. The standard InChI is InChI=1S/C20H21Cl2NOS/c1-20(2,3)25(24)23-19-11-9-14(15-6-4-5-7-16(15)19)13-8-10-17(21)18(22)12-13/h4-8,10,12,14H,9,11H2,1-3H3/b23-19+/t14-,25?/m0/s1. The molecule has 0 heterocycles. The maximum Gasteiger partial charge on any atom is 0.144 e. The Kier molecular flexibility index (Phi) is 5.50. The van der Waals surface area contributed by atoms with E-state index in [2.05, 4.69) is 16.5 Å². The summed E-state index contributed by atoms with van der Waals surface area (Å²) in [6.45, 7) is 5.83. The third-order valence-corrected chi connectivity index (χ3v) is 6.55. The van der Waals surface area contributed by atoms with Crippen molar-refractivity contribution in [1.29, 1.82) is 0 Å². The fourth-order valence-electron chi connectivity index (χ4n) is 3.04. The second kappa shape index (κ2) is 7.32. The number of nitrogens with zero attached hydrogens (tertiary/aromatic N) is 1. The minimum atomic E-state index is -1.26. The van der Waals surface area contributed by atoms with Crippen molar-refractivity contribution >= 4 is 40.3 Å². The van der Waals surface area contributed by atoms with Crippen molar-refractivity contribution in [2.24, 2.45) is 4.40 Å². The van der Waals surface area contributed by atoms with Gasteiger partial charge in [0.2, 0.25) is 0 Å². The number of hydrogen-bond donors (Lipinski definition) is 0. The zero-order valence-electron chi connectivity index (χ0n) is 14.6. The second-order valence-corrected chi connectivity index (χ2v) is 9.97. The topological polar surface area (TPSA) is 35.4 Å². The van der Waals surface area contributed by atoms with Crippen LogP contribution >= 0.6 is 23.2 Å². The normalized spacial score (nSPS) is 20.4. The van der Waals surface area contributed by atoms with Crippen molar-refractivity contribution in [3.05, 3.63) is 69.2 Å². The molecule has 25 heavy (non-hydrogen) atoms. The van der Waals surface area contributed by atoms with Crippen LogP contribution in [0.4, 0.5) is 0 Å². The highest BCUT2D eigenvalue weighted by molar-refractivity contribution is 7.91. The third kappa shape index (κ3) is 4.06. The van der Waals surface area contributed by atoms with Gasteiger partial charge in [0.05, 0.1) is 15.8 Å². The summed E-state index contributed by atoms with van der Waals surface area (Å²) in [6.07, 6.45) is 1.71. The lowest BCUT2D eigenvalue weighted by molar-refractivity contribution is 0.561. The minimum absolute atomic E-state index is 0.244. The van der Waals surface area contributed by atoms with E-state index < -0.39 is 11.4 Å². The Morgan fingerprint density at radius 1 is 1.08 bits per heavy atom. The molecule has 0 amide bonds. The molecule has 1 aliphatic carbocycles. The summed E-state index contributed by atoms with van der Waals surface area (Å²) in [5.41, 5.74) is 4.37. The van der Waals surface area contributed by atoms with Gasteiger partial charge < -0.3 is 4.55 Å². The van der Waals surface area contributed by atoms with Crippen LogP contribution in [0.3, 0.4) is 0 Å². The Balaban J connectivity index is 2.02. The van der Waals surface area contributed by atoms with Crippen LogP contribution in [-0.4, -0.2) is 15.0 Å². The Morgan fingerprint density at radius 3 is 2.48 bits per heavy atom. The SMILES string of the molecule is CC(C)(C)[S+]([O-])/N=C1\CC[C@@H](c2ccc(Cl)c(Cl)c2)c2ccccc21. The molecular weight excluding hydrogens is 373 g/mol. The molecule has 0 bridgehead atoms. The summed E-state index contributed by atoms with van der Waals surface area (Å²) in [7, 11) is 0. The summed E-state index contributed by atoms with van der Waals surface area (Å²) in [4.78, 5) is 0. The Bertz CT molecular complexity index is 814. The van der Waals surface area contributed by atoms with Crippen LogP contribution in [0, 0.1) is 0 Å². The molecule has 1 aliphatic rings. The van der Waals surface area contributed by atoms with E-state index in [1.165, 1.54) is 5.56 Å². The summed E-state index contributed by atoms with van der Waals surface area (Å²) in [5, 5.41) is 1.14. The molecule has 0 fully saturated rings. The van der Waals surface area contributed by atoms with Gasteiger partial charge in [-0.3, -0.25) is 0 Å². The quantitative estimate of drug-likeness (QED) is 0.561. The van der Waals surface area contributed by atoms with Gasteiger partial charge in [0, 0.05) is 11.5 Å². The van der Waals surface area contributed by atoms with Crippen molar-refractivity contribution in [3.63, 3.8) is 0 Å². The van der Waals surface area contributed by atoms with Crippen molar-refractivity contribution < 1.29 is 4.55 Å². The van der Waals surface area contributed by atoms with E-state index in [0.717, 1.165) is 29.7 Å². The molecule has 0 spiro atoms. The second-order valence-electron chi connectivity index (χ2n) is 7.25. The zero-order chi connectivity index (χ0) is 18.2. The van der Waals surface area contributed by atoms with E-state index in [4.69, 9.17) is 23.2 Å². The van der Waals surface area contributed by atoms with Gasteiger partial charge in [0.25, 0.3) is 0 Å². The lowest BCUT2D eigenvalue weighted by Gasteiger charge is -2.28. The first kappa shape index (κ1) is 18.8. The Morgan fingerprint density at radius 2 is 1.80 bits per heavy atom. The van der Waals surface area contributed by atoms with E-state index in [1.807, 2.05) is 51.1 Å². The van der Waals surface area contributed by atoms with Crippen molar-refractivity contribution in [3.8, 4) is 0 Å². The molecule has 5 heteroatoms. The van der Waals surface area contributed by atoms with E-state index >= 15 is 0 Å². The van der Waals surface area contributed by atoms with Gasteiger partial charge in [-0.05, 0) is 56.9 Å². The van der Waals surface area contributed by atoms with Gasteiger partial charge in [-0.25, -0.2) is 0 Å². The fraction of sp³-hybridized carbons (Fsp3) is 0.350. The summed E-state index contributed by atoms with van der Waals surface area (Å²) in [5.74, 6) is 0.244. The molecule has 2 aromatic rings. The van der Waals surface area contributed by atoms with E-state index in [9.17, 15) is 4.55 Å². The molecule has 1 unspecified atom stereocenters. The molecule has 2 aromatic carbocycles. The third-order valence-electron chi connectivity index (χ3n) is 4.38. The Hall–Kier alpha value is -1.00. The highest BCUT2D eigenvalue weighted by Gasteiger charge is 2.31. The first-order valence-electron chi connectivity index (χ1n) is 8.31. The molecule has 3 rings (SSSR count). The summed E-state index contributed by atoms with van der Waals surface area (Å²) >= 11 is 11.0. The molecule has 2 nitrogen and oxygen atoms in total. The van der Waals surface area contributed by atoms with Crippen LogP contribution in [0.1, 0.15) is 56.2 Å². The molecular formula is C20H21Cl2NOS. The number of hydrogen-bond acceptors (Lipinski definition) is 2. The van der Waals surface area contributed by atoms with E-state index in [-0.39, 0.29) is 10.7 Å². The monoisotopic (exact) mass is 393 g/mol. The zero-order valence-corrected chi connectivity index (χ0v) is 16.9. The predicted molar refractivity (Wildman–Crippen MR) is 108 cm³/mol. The van der Waals surface area contributed by atoms with Crippen LogP contribution in [0.25, 0.3) is 0 Å². The van der Waals surface area contributed by atoms with Crippen molar-refractivity contribution in [2.45, 2.75) is 44.3 Å². The average molecular weight is 394 g/mol. The number of rotatable bonds is 2.